The van der Waals surface area contributed by atoms with Crippen molar-refractivity contribution in [2.75, 3.05) is 12.4 Å². The zero-order valence-corrected chi connectivity index (χ0v) is 12.1. The summed E-state index contributed by atoms with van der Waals surface area (Å²) in [6.07, 6.45) is 2.51. The maximum atomic E-state index is 11.8. The van der Waals surface area contributed by atoms with Crippen LogP contribution in [0.25, 0.3) is 0 Å². The number of methoxy groups -OCH3 is 1. The number of hydrogen-bond donors (Lipinski definition) is 2. The molecule has 0 heterocycles. The van der Waals surface area contributed by atoms with Gasteiger partial charge in [0, 0.05) is 18.2 Å². The number of hydrogen-bond acceptors (Lipinski definition) is 3. The number of carboxylic acids is 1. The molecule has 0 radical (unpaired) electrons. The standard InChI is InChI=1S/C15H21NO4/c1-4-5-10(2)8-14(17)16-11-6-7-12(15(18)19)13(9-11)20-3/h6-7,9-10H,4-5,8H2,1-3H3,(H,16,17)(H,18,19). The van der Waals surface area contributed by atoms with Crippen molar-refractivity contribution in [2.45, 2.75) is 33.1 Å². The second kappa shape index (κ2) is 7.53. The third-order valence-electron chi connectivity index (χ3n) is 3.03. The molecule has 0 saturated carbocycles. The molecule has 1 aromatic carbocycles. The third-order valence-corrected chi connectivity index (χ3v) is 3.03. The number of benzene rings is 1. The summed E-state index contributed by atoms with van der Waals surface area (Å²) in [6, 6.07) is 4.51. The van der Waals surface area contributed by atoms with E-state index in [0.29, 0.717) is 18.0 Å². The molecule has 1 rings (SSSR count). The fraction of sp³-hybridized carbons (Fsp3) is 0.467. The van der Waals surface area contributed by atoms with Crippen LogP contribution < -0.4 is 10.1 Å². The average Bonchev–Trinajstić information content (AvgIpc) is 2.38. The quantitative estimate of drug-likeness (QED) is 0.804. The summed E-state index contributed by atoms with van der Waals surface area (Å²) in [5, 5.41) is 11.7. The summed E-state index contributed by atoms with van der Waals surface area (Å²) >= 11 is 0. The summed E-state index contributed by atoms with van der Waals surface area (Å²) in [6.45, 7) is 4.13. The van der Waals surface area contributed by atoms with Gasteiger partial charge in [0.25, 0.3) is 0 Å². The van der Waals surface area contributed by atoms with Crippen LogP contribution in [0.15, 0.2) is 18.2 Å². The van der Waals surface area contributed by atoms with Gasteiger partial charge in [-0.3, -0.25) is 4.79 Å². The number of carboxylic acid groups (broad SMARTS) is 1. The van der Waals surface area contributed by atoms with Gasteiger partial charge >= 0.3 is 5.97 Å². The van der Waals surface area contributed by atoms with Gasteiger partial charge in [-0.25, -0.2) is 4.79 Å². The Labute approximate surface area is 118 Å². The Bertz CT molecular complexity index is 485. The van der Waals surface area contributed by atoms with Gasteiger partial charge in [0.05, 0.1) is 7.11 Å². The van der Waals surface area contributed by atoms with Crippen molar-refractivity contribution in [1.82, 2.24) is 0 Å². The second-order valence-electron chi connectivity index (χ2n) is 4.87. The Morgan fingerprint density at radius 3 is 2.65 bits per heavy atom. The maximum Gasteiger partial charge on any atom is 0.339 e. The smallest absolute Gasteiger partial charge is 0.339 e. The van der Waals surface area contributed by atoms with E-state index < -0.39 is 5.97 Å². The van der Waals surface area contributed by atoms with Crippen molar-refractivity contribution in [3.8, 4) is 5.75 Å². The second-order valence-corrected chi connectivity index (χ2v) is 4.87. The van der Waals surface area contributed by atoms with E-state index in [2.05, 4.69) is 12.2 Å². The Kier molecular flexibility index (Phi) is 6.03. The van der Waals surface area contributed by atoms with Crippen molar-refractivity contribution in [3.05, 3.63) is 23.8 Å². The molecule has 2 N–H and O–H groups in total. The van der Waals surface area contributed by atoms with Crippen LogP contribution in [0.2, 0.25) is 0 Å². The Hall–Kier alpha value is -2.04. The predicted molar refractivity (Wildman–Crippen MR) is 77.3 cm³/mol. The summed E-state index contributed by atoms with van der Waals surface area (Å²) < 4.78 is 5.02. The van der Waals surface area contributed by atoms with E-state index in [4.69, 9.17) is 9.84 Å². The van der Waals surface area contributed by atoms with E-state index in [9.17, 15) is 9.59 Å². The molecule has 1 amide bonds. The minimum atomic E-state index is -1.06. The highest BCUT2D eigenvalue weighted by molar-refractivity contribution is 5.94. The highest BCUT2D eigenvalue weighted by Crippen LogP contribution is 2.23. The molecule has 0 spiro atoms. The summed E-state index contributed by atoms with van der Waals surface area (Å²) in [7, 11) is 1.40. The Morgan fingerprint density at radius 2 is 2.10 bits per heavy atom. The van der Waals surface area contributed by atoms with Crippen LogP contribution in [0.5, 0.6) is 5.75 Å². The number of carbonyl (C=O) groups excluding carboxylic acids is 1. The SMILES string of the molecule is CCCC(C)CC(=O)Nc1ccc(C(=O)O)c(OC)c1. The van der Waals surface area contributed by atoms with Gasteiger partial charge in [-0.15, -0.1) is 0 Å². The lowest BCUT2D eigenvalue weighted by Crippen LogP contribution is -2.15. The van der Waals surface area contributed by atoms with E-state index in [1.807, 2.05) is 6.92 Å². The van der Waals surface area contributed by atoms with Gasteiger partial charge in [-0.1, -0.05) is 26.7 Å². The van der Waals surface area contributed by atoms with Gasteiger partial charge in [0.15, 0.2) is 0 Å². The molecule has 0 aliphatic rings. The molecule has 0 fully saturated rings. The largest absolute Gasteiger partial charge is 0.496 e. The first kappa shape index (κ1) is 16.0. The summed E-state index contributed by atoms with van der Waals surface area (Å²) in [5.74, 6) is -0.565. The molecule has 110 valence electrons. The first-order valence-electron chi connectivity index (χ1n) is 6.69. The normalized spacial score (nSPS) is 11.8. The monoisotopic (exact) mass is 279 g/mol. The molecule has 20 heavy (non-hydrogen) atoms. The van der Waals surface area contributed by atoms with Gasteiger partial charge in [0.2, 0.25) is 5.91 Å². The average molecular weight is 279 g/mol. The number of aromatic carboxylic acids is 1. The van der Waals surface area contributed by atoms with Crippen LogP contribution in [0, 0.1) is 5.92 Å². The van der Waals surface area contributed by atoms with E-state index in [1.54, 1.807) is 6.07 Å². The molecule has 0 aliphatic carbocycles. The van der Waals surface area contributed by atoms with Gasteiger partial charge in [-0.2, -0.15) is 0 Å². The lowest BCUT2D eigenvalue weighted by atomic mass is 10.0. The van der Waals surface area contributed by atoms with Crippen LogP contribution in [-0.4, -0.2) is 24.1 Å². The van der Waals surface area contributed by atoms with E-state index in [0.717, 1.165) is 12.8 Å². The number of rotatable bonds is 7. The van der Waals surface area contributed by atoms with Crippen LogP contribution >= 0.6 is 0 Å². The fourth-order valence-corrected chi connectivity index (χ4v) is 2.07. The zero-order valence-electron chi connectivity index (χ0n) is 12.1. The number of carbonyl (C=O) groups is 2. The Morgan fingerprint density at radius 1 is 1.40 bits per heavy atom. The highest BCUT2D eigenvalue weighted by atomic mass is 16.5. The summed E-state index contributed by atoms with van der Waals surface area (Å²) in [5.41, 5.74) is 0.616. The summed E-state index contributed by atoms with van der Waals surface area (Å²) in [4.78, 5) is 22.8. The fourth-order valence-electron chi connectivity index (χ4n) is 2.07. The van der Waals surface area contributed by atoms with Crippen molar-refractivity contribution in [3.63, 3.8) is 0 Å². The van der Waals surface area contributed by atoms with Crippen molar-refractivity contribution >= 4 is 17.6 Å². The van der Waals surface area contributed by atoms with Gasteiger partial charge in [0.1, 0.15) is 11.3 Å². The molecule has 0 aromatic heterocycles. The third kappa shape index (κ3) is 4.57. The van der Waals surface area contributed by atoms with Gasteiger partial charge in [-0.05, 0) is 18.1 Å². The molecular formula is C15H21NO4. The van der Waals surface area contributed by atoms with Crippen molar-refractivity contribution in [1.29, 1.82) is 0 Å². The van der Waals surface area contributed by atoms with Gasteiger partial charge < -0.3 is 15.2 Å². The number of anilines is 1. The topological polar surface area (TPSA) is 75.6 Å². The maximum absolute atomic E-state index is 11.8. The van der Waals surface area contributed by atoms with Crippen LogP contribution in [-0.2, 0) is 4.79 Å². The molecule has 5 heteroatoms. The van der Waals surface area contributed by atoms with Crippen molar-refractivity contribution in [2.24, 2.45) is 5.92 Å². The Balaban J connectivity index is 2.73. The lowest BCUT2D eigenvalue weighted by molar-refractivity contribution is -0.117. The molecule has 1 unspecified atom stereocenters. The number of nitrogens with one attached hydrogen (secondary N) is 1. The zero-order chi connectivity index (χ0) is 15.1. The van der Waals surface area contributed by atoms with Crippen molar-refractivity contribution < 1.29 is 19.4 Å². The van der Waals surface area contributed by atoms with E-state index in [1.165, 1.54) is 19.2 Å². The van der Waals surface area contributed by atoms with E-state index >= 15 is 0 Å². The molecule has 5 nitrogen and oxygen atoms in total. The first-order chi connectivity index (χ1) is 9.47. The highest BCUT2D eigenvalue weighted by Gasteiger charge is 2.13. The van der Waals surface area contributed by atoms with Crippen LogP contribution in [0.4, 0.5) is 5.69 Å². The number of amides is 1. The molecule has 0 saturated heterocycles. The minimum absolute atomic E-state index is 0.0731. The van der Waals surface area contributed by atoms with Crippen LogP contribution in [0.1, 0.15) is 43.5 Å². The molecule has 1 atom stereocenters. The molecule has 1 aromatic rings. The molecular weight excluding hydrogens is 258 g/mol. The minimum Gasteiger partial charge on any atom is -0.496 e. The predicted octanol–water partition coefficient (Wildman–Crippen LogP) is 3.16. The van der Waals surface area contributed by atoms with E-state index in [-0.39, 0.29) is 17.2 Å². The molecule has 0 aliphatic heterocycles. The lowest BCUT2D eigenvalue weighted by Gasteiger charge is -2.12. The van der Waals surface area contributed by atoms with Crippen LogP contribution in [0.3, 0.4) is 0 Å². The number of ether oxygens (including phenoxy) is 1. The molecule has 0 bridgehead atoms. The first-order valence-corrected chi connectivity index (χ1v) is 6.69.